The van der Waals surface area contributed by atoms with Gasteiger partial charge in [-0.1, -0.05) is 31.2 Å². The van der Waals surface area contributed by atoms with Crippen molar-refractivity contribution in [2.75, 3.05) is 14.2 Å². The average molecular weight is 504 g/mol. The highest BCUT2D eigenvalue weighted by Crippen LogP contribution is 2.48. The number of pyridine rings is 1. The van der Waals surface area contributed by atoms with Crippen LogP contribution in [0.1, 0.15) is 65.3 Å². The second-order valence-electron chi connectivity index (χ2n) is 9.86. The number of esters is 1. The first-order valence-electron chi connectivity index (χ1n) is 12.6. The normalized spacial score (nSPS) is 18.2. The predicted octanol–water partition coefficient (Wildman–Crippen LogP) is 6.08. The Bertz CT molecular complexity index is 1340. The van der Waals surface area contributed by atoms with E-state index in [1.54, 1.807) is 12.1 Å². The zero-order valence-corrected chi connectivity index (χ0v) is 21.2. The average Bonchev–Trinajstić information content (AvgIpc) is 3.77. The van der Waals surface area contributed by atoms with E-state index in [1.165, 1.54) is 20.3 Å². The van der Waals surface area contributed by atoms with Crippen molar-refractivity contribution in [3.05, 3.63) is 76.7 Å². The SMILES string of the molecule is COC(=O)[C@@H](C)[C@H](c1ccc2c(c1)O[C@H](c1ccc(-c3cc(OC)ncc3F)c(C=O)c1)CC2)C1CC1. The first-order valence-corrected chi connectivity index (χ1v) is 12.6. The Morgan fingerprint density at radius 1 is 1.11 bits per heavy atom. The fraction of sp³-hybridized carbons (Fsp3) is 0.367. The molecule has 0 spiro atoms. The highest BCUT2D eigenvalue weighted by Gasteiger charge is 2.39. The van der Waals surface area contributed by atoms with E-state index in [9.17, 15) is 14.0 Å². The summed E-state index contributed by atoms with van der Waals surface area (Å²) < 4.78 is 31.1. The summed E-state index contributed by atoms with van der Waals surface area (Å²) in [6.45, 7) is 1.93. The molecular weight excluding hydrogens is 473 g/mol. The van der Waals surface area contributed by atoms with Gasteiger partial charge >= 0.3 is 5.97 Å². The van der Waals surface area contributed by atoms with Gasteiger partial charge in [0, 0.05) is 17.2 Å². The van der Waals surface area contributed by atoms with Crippen LogP contribution in [0.25, 0.3) is 11.1 Å². The van der Waals surface area contributed by atoms with Gasteiger partial charge in [-0.3, -0.25) is 9.59 Å². The standard InChI is InChI=1S/C30H30FNO5/c1-17(30(34)36-3)29(19-5-6-19)21-7-4-18-9-11-26(37-27(18)13-21)20-8-10-23(22(12-20)16-33)24-14-28(35-2)32-15-25(24)31/h4,7-8,10,12-17,19,26,29H,5-6,9,11H2,1-3H3/t17-,26-,29-/m0/s1. The molecule has 0 bridgehead atoms. The van der Waals surface area contributed by atoms with Crippen LogP contribution in [-0.4, -0.2) is 31.5 Å². The number of halogens is 1. The summed E-state index contributed by atoms with van der Waals surface area (Å²) in [4.78, 5) is 28.2. The molecule has 1 fully saturated rings. The molecule has 0 unspecified atom stereocenters. The lowest BCUT2D eigenvalue weighted by molar-refractivity contribution is -0.145. The Kier molecular flexibility index (Phi) is 6.96. The van der Waals surface area contributed by atoms with E-state index in [0.717, 1.165) is 60.6 Å². The minimum Gasteiger partial charge on any atom is -0.485 e. The number of aromatic nitrogens is 1. The highest BCUT2D eigenvalue weighted by molar-refractivity contribution is 5.88. The van der Waals surface area contributed by atoms with Crippen molar-refractivity contribution in [1.29, 1.82) is 0 Å². The number of methoxy groups -OCH3 is 2. The van der Waals surface area contributed by atoms with E-state index in [2.05, 4.69) is 23.2 Å². The van der Waals surface area contributed by atoms with Crippen LogP contribution < -0.4 is 9.47 Å². The molecule has 7 heteroatoms. The van der Waals surface area contributed by atoms with Crippen molar-refractivity contribution in [2.45, 2.75) is 44.6 Å². The van der Waals surface area contributed by atoms with E-state index in [0.29, 0.717) is 17.0 Å². The van der Waals surface area contributed by atoms with Crippen LogP contribution in [-0.2, 0) is 16.0 Å². The van der Waals surface area contributed by atoms with Gasteiger partial charge in [0.1, 0.15) is 17.7 Å². The van der Waals surface area contributed by atoms with Gasteiger partial charge in [0.05, 0.1) is 26.3 Å². The third-order valence-electron chi connectivity index (χ3n) is 7.57. The zero-order valence-electron chi connectivity index (χ0n) is 21.2. The Hall–Kier alpha value is -3.74. The molecule has 1 aromatic heterocycles. The smallest absolute Gasteiger partial charge is 0.309 e. The van der Waals surface area contributed by atoms with Crippen LogP contribution in [0.4, 0.5) is 4.39 Å². The van der Waals surface area contributed by atoms with Crippen LogP contribution in [0.3, 0.4) is 0 Å². The molecule has 0 N–H and O–H groups in total. The maximum Gasteiger partial charge on any atom is 0.309 e. The van der Waals surface area contributed by atoms with Gasteiger partial charge in [0.25, 0.3) is 0 Å². The molecule has 192 valence electrons. The maximum atomic E-state index is 14.5. The minimum absolute atomic E-state index is 0.0925. The second kappa shape index (κ2) is 10.3. The number of benzene rings is 2. The number of nitrogens with zero attached hydrogens (tertiary/aromatic N) is 1. The first kappa shape index (κ1) is 24.9. The van der Waals surface area contributed by atoms with E-state index in [1.807, 2.05) is 13.0 Å². The monoisotopic (exact) mass is 503 g/mol. The summed E-state index contributed by atoms with van der Waals surface area (Å²) >= 11 is 0. The number of hydrogen-bond donors (Lipinski definition) is 0. The van der Waals surface area contributed by atoms with Gasteiger partial charge in [-0.25, -0.2) is 9.37 Å². The van der Waals surface area contributed by atoms with Crippen molar-refractivity contribution in [3.63, 3.8) is 0 Å². The third-order valence-corrected chi connectivity index (χ3v) is 7.57. The number of aryl methyl sites for hydroxylation is 1. The van der Waals surface area contributed by atoms with Crippen LogP contribution in [0.2, 0.25) is 0 Å². The molecule has 0 amide bonds. The predicted molar refractivity (Wildman–Crippen MR) is 136 cm³/mol. The Morgan fingerprint density at radius 3 is 2.62 bits per heavy atom. The minimum atomic E-state index is -0.529. The molecule has 1 aliphatic carbocycles. The number of carbonyl (C=O) groups excluding carboxylic acids is 2. The lowest BCUT2D eigenvalue weighted by Crippen LogP contribution is -2.23. The first-order chi connectivity index (χ1) is 17.9. The number of ether oxygens (including phenoxy) is 3. The number of fused-ring (bicyclic) bond motifs is 1. The molecule has 1 aliphatic heterocycles. The molecular formula is C30H30FNO5. The van der Waals surface area contributed by atoms with E-state index in [-0.39, 0.29) is 35.4 Å². The lowest BCUT2D eigenvalue weighted by atomic mass is 9.82. The van der Waals surface area contributed by atoms with Crippen molar-refractivity contribution >= 4 is 12.3 Å². The summed E-state index contributed by atoms with van der Waals surface area (Å²) in [7, 11) is 2.89. The van der Waals surface area contributed by atoms with Crippen LogP contribution in [0, 0.1) is 17.7 Å². The topological polar surface area (TPSA) is 74.7 Å². The van der Waals surface area contributed by atoms with Gasteiger partial charge in [-0.15, -0.1) is 0 Å². The third kappa shape index (κ3) is 4.95. The Morgan fingerprint density at radius 2 is 1.92 bits per heavy atom. The fourth-order valence-corrected chi connectivity index (χ4v) is 5.45. The molecule has 37 heavy (non-hydrogen) atoms. The van der Waals surface area contributed by atoms with Crippen molar-refractivity contribution in [1.82, 2.24) is 4.98 Å². The Balaban J connectivity index is 1.43. The number of rotatable bonds is 8. The number of carbonyl (C=O) groups is 2. The van der Waals surface area contributed by atoms with Crippen molar-refractivity contribution < 1.29 is 28.2 Å². The molecule has 3 aromatic rings. The maximum absolute atomic E-state index is 14.5. The fourth-order valence-electron chi connectivity index (χ4n) is 5.45. The molecule has 6 nitrogen and oxygen atoms in total. The van der Waals surface area contributed by atoms with Crippen LogP contribution >= 0.6 is 0 Å². The van der Waals surface area contributed by atoms with Gasteiger partial charge in [0.2, 0.25) is 5.88 Å². The Labute approximate surface area is 215 Å². The molecule has 0 saturated heterocycles. The van der Waals surface area contributed by atoms with Gasteiger partial charge in [-0.2, -0.15) is 0 Å². The summed E-state index contributed by atoms with van der Waals surface area (Å²) in [5, 5.41) is 0. The number of aldehydes is 1. The second-order valence-corrected chi connectivity index (χ2v) is 9.86. The van der Waals surface area contributed by atoms with Crippen molar-refractivity contribution in [2.24, 2.45) is 11.8 Å². The lowest BCUT2D eigenvalue weighted by Gasteiger charge is -2.29. The largest absolute Gasteiger partial charge is 0.485 e. The van der Waals surface area contributed by atoms with E-state index in [4.69, 9.17) is 14.2 Å². The van der Waals surface area contributed by atoms with Gasteiger partial charge in [-0.05, 0) is 71.9 Å². The molecule has 0 radical (unpaired) electrons. The molecule has 1 saturated carbocycles. The van der Waals surface area contributed by atoms with E-state index < -0.39 is 5.82 Å². The van der Waals surface area contributed by atoms with E-state index >= 15 is 0 Å². The molecule has 2 aliphatic rings. The summed E-state index contributed by atoms with van der Waals surface area (Å²) in [5.74, 6) is 0.683. The van der Waals surface area contributed by atoms with Crippen molar-refractivity contribution in [3.8, 4) is 22.8 Å². The molecule has 5 rings (SSSR count). The zero-order chi connectivity index (χ0) is 26.1. The number of hydrogen-bond acceptors (Lipinski definition) is 6. The molecule has 2 heterocycles. The summed E-state index contributed by atoms with van der Waals surface area (Å²) in [6, 6.07) is 13.1. The van der Waals surface area contributed by atoms with Gasteiger partial charge in [0.15, 0.2) is 6.29 Å². The quantitative estimate of drug-likeness (QED) is 0.274. The summed E-state index contributed by atoms with van der Waals surface area (Å²) in [6.07, 6.45) is 5.38. The van der Waals surface area contributed by atoms with Crippen LogP contribution in [0.15, 0.2) is 48.7 Å². The molecule has 3 atom stereocenters. The highest BCUT2D eigenvalue weighted by atomic mass is 19.1. The molecule has 2 aromatic carbocycles. The van der Waals surface area contributed by atoms with Gasteiger partial charge < -0.3 is 14.2 Å². The van der Waals surface area contributed by atoms with Crippen LogP contribution in [0.5, 0.6) is 11.6 Å². The summed E-state index contributed by atoms with van der Waals surface area (Å²) in [5.41, 5.74) is 4.16.